The molecular formula is C95H70B2N2O5S. The molecule has 4 aromatic heterocycles. The van der Waals surface area contributed by atoms with Gasteiger partial charge in [0, 0.05) is 69.1 Å². The Morgan fingerprint density at radius 2 is 0.838 bits per heavy atom. The zero-order chi connectivity index (χ0) is 70.4. The van der Waals surface area contributed by atoms with Crippen molar-refractivity contribution in [2.24, 2.45) is 0 Å². The van der Waals surface area contributed by atoms with Crippen LogP contribution in [0.4, 0.5) is 0 Å². The van der Waals surface area contributed by atoms with Crippen molar-refractivity contribution in [1.82, 2.24) is 9.13 Å². The number of benzene rings is 14. The molecule has 22 rings (SSSR count). The monoisotopic (exact) mass is 1370 g/mol. The lowest BCUT2D eigenvalue weighted by molar-refractivity contribution is 0.00578. The maximum Gasteiger partial charge on any atom is 0.495 e. The van der Waals surface area contributed by atoms with Crippen LogP contribution in [0.1, 0.15) is 77.6 Å². The van der Waals surface area contributed by atoms with Gasteiger partial charge in [-0.15, -0.1) is 11.3 Å². The van der Waals surface area contributed by atoms with Gasteiger partial charge >= 0.3 is 14.2 Å². The second-order valence-electron chi connectivity index (χ2n) is 31.4. The minimum Gasteiger partial charge on any atom is -0.456 e. The molecule has 4 aliphatic rings. The van der Waals surface area contributed by atoms with Crippen molar-refractivity contribution in [3.8, 4) is 67.0 Å². The highest BCUT2D eigenvalue weighted by Gasteiger charge is 2.55. The van der Waals surface area contributed by atoms with Gasteiger partial charge in [-0.05, 0) is 229 Å². The van der Waals surface area contributed by atoms with E-state index >= 15 is 0 Å². The van der Waals surface area contributed by atoms with Gasteiger partial charge in [0.1, 0.15) is 11.2 Å². The third kappa shape index (κ3) is 8.43. The zero-order valence-corrected chi connectivity index (χ0v) is 60.4. The molecule has 0 bridgehead atoms. The van der Waals surface area contributed by atoms with Gasteiger partial charge < -0.3 is 32.2 Å². The molecule has 105 heavy (non-hydrogen) atoms. The second-order valence-corrected chi connectivity index (χ2v) is 32.5. The largest absolute Gasteiger partial charge is 0.495 e. The summed E-state index contributed by atoms with van der Waals surface area (Å²) in [7, 11) is -1.01. The van der Waals surface area contributed by atoms with Gasteiger partial charge in [0.25, 0.3) is 0 Å². The van der Waals surface area contributed by atoms with Crippen LogP contribution in [0.2, 0.25) is 0 Å². The number of nitrogens with zero attached hydrogens (tertiary/aromatic N) is 2. The number of thiophene rings is 1. The minimum absolute atomic E-state index is 0.457. The van der Waals surface area contributed by atoms with Gasteiger partial charge in [-0.3, -0.25) is 0 Å². The maximum absolute atomic E-state index is 6.72. The second kappa shape index (κ2) is 21.5. The number of furan rings is 1. The van der Waals surface area contributed by atoms with E-state index < -0.39 is 42.1 Å². The summed E-state index contributed by atoms with van der Waals surface area (Å²) in [5, 5.41) is 11.7. The molecule has 10 heteroatoms. The van der Waals surface area contributed by atoms with Crippen LogP contribution in [0.5, 0.6) is 0 Å². The molecule has 7 nitrogen and oxygen atoms in total. The van der Waals surface area contributed by atoms with E-state index in [1.165, 1.54) is 108 Å². The Labute approximate surface area is 612 Å². The summed E-state index contributed by atoms with van der Waals surface area (Å²) in [6, 6.07) is 105. The van der Waals surface area contributed by atoms with E-state index in [0.29, 0.717) is 0 Å². The average Bonchev–Trinajstić information content (AvgIpc) is 1.49. The first-order valence-corrected chi connectivity index (χ1v) is 37.5. The Hall–Kier alpha value is -11.1. The van der Waals surface area contributed by atoms with Crippen molar-refractivity contribution in [3.05, 3.63) is 301 Å². The third-order valence-corrected chi connectivity index (χ3v) is 26.0. The van der Waals surface area contributed by atoms with Crippen molar-refractivity contribution in [2.75, 3.05) is 0 Å². The van der Waals surface area contributed by atoms with Crippen molar-refractivity contribution in [1.29, 1.82) is 0 Å². The van der Waals surface area contributed by atoms with Crippen LogP contribution in [-0.4, -0.2) is 45.8 Å². The summed E-state index contributed by atoms with van der Waals surface area (Å²) in [5.74, 6) is 0. The summed E-state index contributed by atoms with van der Waals surface area (Å²) >= 11 is 1.83. The Balaban J connectivity index is 0.715. The molecule has 1 atom stereocenters. The smallest absolute Gasteiger partial charge is 0.456 e. The molecule has 2 aliphatic carbocycles. The molecule has 14 aromatic carbocycles. The fraction of sp³-hybridized carbons (Fsp3) is 0.137. The SMILES string of the molecule is CC1(C)OB(c2cccc3oc4ccc(-c5ccc6c(c5)c5ccc7c(c5n6-c5ccccc5)-c5ccccc5C75c6ccccc6-c6c(-c7ccc8c9cc(-c%10ccc%11sc%12cccc(B%13OC(C)(C)C(C)(C)O%13)c%12c%11c%10)ccc9n(-c9cccc%10ccccc9%10)c8c7)cccc65)cc4c23)OC1(C)C. The van der Waals surface area contributed by atoms with Crippen LogP contribution in [-0.2, 0) is 24.0 Å². The highest BCUT2D eigenvalue weighted by Crippen LogP contribution is 2.66. The van der Waals surface area contributed by atoms with E-state index in [1.807, 2.05) is 23.5 Å². The first-order chi connectivity index (χ1) is 51.0. The van der Waals surface area contributed by atoms with Crippen LogP contribution in [0.25, 0.3) is 164 Å². The number of para-hydroxylation sites is 1. The molecule has 1 spiro atoms. The lowest BCUT2D eigenvalue weighted by Crippen LogP contribution is -2.41. The van der Waals surface area contributed by atoms with Gasteiger partial charge in [0.05, 0.1) is 55.6 Å². The van der Waals surface area contributed by atoms with E-state index in [1.54, 1.807) is 0 Å². The molecule has 18 aromatic rings. The summed E-state index contributed by atoms with van der Waals surface area (Å²) < 4.78 is 40.9. The molecule has 0 amide bonds. The lowest BCUT2D eigenvalue weighted by Gasteiger charge is -2.32. The summed E-state index contributed by atoms with van der Waals surface area (Å²) in [5.41, 5.74) is 25.2. The van der Waals surface area contributed by atoms with Gasteiger partial charge in [0.15, 0.2) is 0 Å². The van der Waals surface area contributed by atoms with Crippen LogP contribution in [0.3, 0.4) is 0 Å². The Morgan fingerprint density at radius 3 is 1.56 bits per heavy atom. The number of aromatic nitrogens is 2. The molecule has 2 fully saturated rings. The predicted molar refractivity (Wildman–Crippen MR) is 437 cm³/mol. The molecule has 0 N–H and O–H groups in total. The highest BCUT2D eigenvalue weighted by atomic mass is 32.1. The first kappa shape index (κ1) is 61.4. The Morgan fingerprint density at radius 1 is 0.314 bits per heavy atom. The van der Waals surface area contributed by atoms with Crippen molar-refractivity contribution >= 4 is 133 Å². The lowest BCUT2D eigenvalue weighted by atomic mass is 9.70. The molecule has 6 heterocycles. The van der Waals surface area contributed by atoms with E-state index in [2.05, 4.69) is 331 Å². The zero-order valence-electron chi connectivity index (χ0n) is 59.6. The van der Waals surface area contributed by atoms with Gasteiger partial charge in [-0.1, -0.05) is 194 Å². The van der Waals surface area contributed by atoms with E-state index in [9.17, 15) is 0 Å². The topological polar surface area (TPSA) is 59.9 Å². The standard InChI is InChI=1S/C95H70B2N2O5S/c1-91(2)92(3,4)102-96(101-91)76-33-20-36-83-88(76)70-52-58(41-48-82(70)100-83)57-39-46-79-69(51-57)65-44-45-75-87(90(65)98(79)61-24-10-9-11-25-61)67-28-15-17-31-73(67)95(75)72-30-16-14-27-66(72)86-63(29-19-32-74(86)95)60-38-43-64-68-50-56(40-47-80(68)99(81(64)54-60)78-35-18-23-55-22-12-13-26-62(55)78)59-42-49-84-71(53-59)89-77(34-21-37-85(89)105-84)97-103-93(5,6)94(7,8)104-97/h9-54H,1-8H3. The first-order valence-electron chi connectivity index (χ1n) is 36.7. The normalized spacial score (nSPS) is 17.5. The number of rotatable bonds is 7. The maximum atomic E-state index is 6.72. The third-order valence-electron chi connectivity index (χ3n) is 24.8. The van der Waals surface area contributed by atoms with E-state index in [0.717, 1.165) is 88.6 Å². The molecule has 2 aliphatic heterocycles. The van der Waals surface area contributed by atoms with Crippen molar-refractivity contribution < 1.29 is 23.0 Å². The summed E-state index contributed by atoms with van der Waals surface area (Å²) in [6.45, 7) is 16.9. The molecule has 0 saturated carbocycles. The Bertz CT molecular complexity index is 6810. The minimum atomic E-state index is -0.642. The summed E-state index contributed by atoms with van der Waals surface area (Å²) in [6.07, 6.45) is 0. The van der Waals surface area contributed by atoms with Crippen LogP contribution in [0.15, 0.2) is 283 Å². The quantitative estimate of drug-likeness (QED) is 0.149. The summed E-state index contributed by atoms with van der Waals surface area (Å²) in [4.78, 5) is 0. The van der Waals surface area contributed by atoms with Crippen LogP contribution in [0, 0.1) is 0 Å². The van der Waals surface area contributed by atoms with Gasteiger partial charge in [0.2, 0.25) is 0 Å². The Kier molecular flexibility index (Phi) is 12.6. The van der Waals surface area contributed by atoms with E-state index in [-0.39, 0.29) is 0 Å². The van der Waals surface area contributed by atoms with Crippen LogP contribution < -0.4 is 10.9 Å². The number of hydrogen-bond donors (Lipinski definition) is 0. The average molecular weight is 1370 g/mol. The molecule has 0 radical (unpaired) electrons. The molecule has 2 saturated heterocycles. The molecule has 502 valence electrons. The fourth-order valence-electron chi connectivity index (χ4n) is 18.5. The van der Waals surface area contributed by atoms with E-state index in [4.69, 9.17) is 23.0 Å². The van der Waals surface area contributed by atoms with Gasteiger partial charge in [-0.25, -0.2) is 0 Å². The number of fused-ring (bicyclic) bond motifs is 24. The predicted octanol–water partition coefficient (Wildman–Crippen LogP) is 23.2. The van der Waals surface area contributed by atoms with Gasteiger partial charge in [-0.2, -0.15) is 0 Å². The van der Waals surface area contributed by atoms with Crippen LogP contribution >= 0.6 is 11.3 Å². The van der Waals surface area contributed by atoms with Crippen molar-refractivity contribution in [3.63, 3.8) is 0 Å². The highest BCUT2D eigenvalue weighted by molar-refractivity contribution is 7.26. The molecule has 1 unspecified atom stereocenters. The van der Waals surface area contributed by atoms with Crippen molar-refractivity contribution in [2.45, 2.75) is 83.2 Å². The molecular weight excluding hydrogens is 1300 g/mol. The number of hydrogen-bond acceptors (Lipinski definition) is 6. The fourth-order valence-corrected chi connectivity index (χ4v) is 19.6.